The van der Waals surface area contributed by atoms with Crippen LogP contribution in [0.25, 0.3) is 0 Å². The molecule has 0 aromatic heterocycles. The first kappa shape index (κ1) is 11.7. The molecule has 0 nitrogen and oxygen atoms in total. The topological polar surface area (TPSA) is 0 Å². The molecular formula is C14H11F3. The molecule has 0 amide bonds. The lowest BCUT2D eigenvalue weighted by Crippen LogP contribution is -1.98. The predicted octanol–water partition coefficient (Wildman–Crippen LogP) is 4.26. The normalized spacial score (nSPS) is 12.5. The summed E-state index contributed by atoms with van der Waals surface area (Å²) in [5, 5.41) is 0. The van der Waals surface area contributed by atoms with Crippen LogP contribution in [-0.2, 0) is 0 Å². The molecule has 3 heteroatoms. The van der Waals surface area contributed by atoms with Crippen LogP contribution in [0.5, 0.6) is 0 Å². The molecule has 0 saturated heterocycles. The van der Waals surface area contributed by atoms with E-state index in [0.29, 0.717) is 11.1 Å². The Morgan fingerprint density at radius 1 is 0.765 bits per heavy atom. The van der Waals surface area contributed by atoms with E-state index in [1.807, 2.05) is 0 Å². The first-order chi connectivity index (χ1) is 8.06. The first-order valence-corrected chi connectivity index (χ1v) is 5.28. The van der Waals surface area contributed by atoms with Crippen molar-refractivity contribution in [1.29, 1.82) is 0 Å². The van der Waals surface area contributed by atoms with Gasteiger partial charge in [-0.05, 0) is 35.4 Å². The molecule has 17 heavy (non-hydrogen) atoms. The van der Waals surface area contributed by atoms with Crippen molar-refractivity contribution in [2.45, 2.75) is 12.8 Å². The first-order valence-electron chi connectivity index (χ1n) is 5.28. The Kier molecular flexibility index (Phi) is 3.18. The van der Waals surface area contributed by atoms with Crippen LogP contribution in [-0.4, -0.2) is 0 Å². The van der Waals surface area contributed by atoms with Gasteiger partial charge in [-0.25, -0.2) is 13.2 Å². The van der Waals surface area contributed by atoms with Crippen LogP contribution in [0.2, 0.25) is 0 Å². The summed E-state index contributed by atoms with van der Waals surface area (Å²) in [5.74, 6) is -1.85. The lowest BCUT2D eigenvalue weighted by molar-refractivity contribution is 0.578. The average Bonchev–Trinajstić information content (AvgIpc) is 2.26. The van der Waals surface area contributed by atoms with E-state index in [2.05, 4.69) is 0 Å². The van der Waals surface area contributed by atoms with E-state index < -0.39 is 11.6 Å². The summed E-state index contributed by atoms with van der Waals surface area (Å²) >= 11 is 0. The molecule has 1 atom stereocenters. The van der Waals surface area contributed by atoms with Gasteiger partial charge in [0.15, 0.2) is 0 Å². The third-order valence-corrected chi connectivity index (χ3v) is 2.73. The van der Waals surface area contributed by atoms with E-state index >= 15 is 0 Å². The van der Waals surface area contributed by atoms with Gasteiger partial charge in [-0.1, -0.05) is 19.1 Å². The molecule has 0 spiro atoms. The maximum atomic E-state index is 13.1. The van der Waals surface area contributed by atoms with Gasteiger partial charge in [0.05, 0.1) is 0 Å². The van der Waals surface area contributed by atoms with Crippen molar-refractivity contribution in [3.05, 3.63) is 71.0 Å². The SMILES string of the molecule is CC(c1cccc(F)c1)c1cc(F)cc(F)c1. The number of halogens is 3. The van der Waals surface area contributed by atoms with Gasteiger partial charge in [0.25, 0.3) is 0 Å². The highest BCUT2D eigenvalue weighted by Crippen LogP contribution is 2.25. The molecule has 0 heterocycles. The molecule has 0 radical (unpaired) electrons. The number of rotatable bonds is 2. The maximum absolute atomic E-state index is 13.1. The second kappa shape index (κ2) is 4.62. The summed E-state index contributed by atoms with van der Waals surface area (Å²) in [6, 6.07) is 9.36. The van der Waals surface area contributed by atoms with Gasteiger partial charge in [-0.2, -0.15) is 0 Å². The van der Waals surface area contributed by atoms with Crippen molar-refractivity contribution >= 4 is 0 Å². The summed E-state index contributed by atoms with van der Waals surface area (Å²) in [7, 11) is 0. The lowest BCUT2D eigenvalue weighted by atomic mass is 9.93. The van der Waals surface area contributed by atoms with Crippen LogP contribution >= 0.6 is 0 Å². The fourth-order valence-electron chi connectivity index (χ4n) is 1.79. The molecule has 0 aliphatic rings. The van der Waals surface area contributed by atoms with E-state index in [1.54, 1.807) is 19.1 Å². The van der Waals surface area contributed by atoms with E-state index in [-0.39, 0.29) is 11.7 Å². The van der Waals surface area contributed by atoms with Crippen molar-refractivity contribution < 1.29 is 13.2 Å². The lowest BCUT2D eigenvalue weighted by Gasteiger charge is -2.12. The molecule has 88 valence electrons. The van der Waals surface area contributed by atoms with Crippen LogP contribution in [0.1, 0.15) is 24.0 Å². The van der Waals surface area contributed by atoms with Gasteiger partial charge in [-0.3, -0.25) is 0 Å². The summed E-state index contributed by atoms with van der Waals surface area (Å²) in [6.45, 7) is 1.78. The maximum Gasteiger partial charge on any atom is 0.126 e. The zero-order chi connectivity index (χ0) is 12.4. The van der Waals surface area contributed by atoms with Crippen LogP contribution in [0.15, 0.2) is 42.5 Å². The van der Waals surface area contributed by atoms with Gasteiger partial charge >= 0.3 is 0 Å². The molecule has 0 N–H and O–H groups in total. The Bertz CT molecular complexity index is 514. The molecule has 0 aliphatic carbocycles. The second-order valence-electron chi connectivity index (χ2n) is 3.98. The van der Waals surface area contributed by atoms with Crippen molar-refractivity contribution in [1.82, 2.24) is 0 Å². The van der Waals surface area contributed by atoms with Crippen molar-refractivity contribution in [2.75, 3.05) is 0 Å². The third-order valence-electron chi connectivity index (χ3n) is 2.73. The Morgan fingerprint density at radius 3 is 1.94 bits per heavy atom. The number of hydrogen-bond acceptors (Lipinski definition) is 0. The van der Waals surface area contributed by atoms with E-state index in [1.165, 1.54) is 24.3 Å². The van der Waals surface area contributed by atoms with Crippen LogP contribution in [0.4, 0.5) is 13.2 Å². The van der Waals surface area contributed by atoms with E-state index in [4.69, 9.17) is 0 Å². The van der Waals surface area contributed by atoms with Gasteiger partial charge in [0, 0.05) is 12.0 Å². The smallest absolute Gasteiger partial charge is 0.126 e. The fraction of sp³-hybridized carbons (Fsp3) is 0.143. The Hall–Kier alpha value is -1.77. The quantitative estimate of drug-likeness (QED) is 0.731. The average molecular weight is 236 g/mol. The molecular weight excluding hydrogens is 225 g/mol. The summed E-state index contributed by atoms with van der Waals surface area (Å²) in [4.78, 5) is 0. The summed E-state index contributed by atoms with van der Waals surface area (Å²) in [6.07, 6.45) is 0. The number of benzene rings is 2. The molecule has 0 saturated carbocycles. The highest BCUT2D eigenvalue weighted by Gasteiger charge is 2.11. The molecule has 0 fully saturated rings. The van der Waals surface area contributed by atoms with Crippen LogP contribution in [0.3, 0.4) is 0 Å². The minimum absolute atomic E-state index is 0.254. The zero-order valence-electron chi connectivity index (χ0n) is 9.25. The molecule has 2 aromatic rings. The summed E-state index contributed by atoms with van der Waals surface area (Å²) < 4.78 is 39.2. The number of hydrogen-bond donors (Lipinski definition) is 0. The van der Waals surface area contributed by atoms with Crippen molar-refractivity contribution in [2.24, 2.45) is 0 Å². The summed E-state index contributed by atoms with van der Waals surface area (Å²) in [5.41, 5.74) is 1.18. The molecule has 0 bridgehead atoms. The van der Waals surface area contributed by atoms with Gasteiger partial charge in [0.2, 0.25) is 0 Å². The fourth-order valence-corrected chi connectivity index (χ4v) is 1.79. The van der Waals surface area contributed by atoms with E-state index in [0.717, 1.165) is 6.07 Å². The van der Waals surface area contributed by atoms with Gasteiger partial charge < -0.3 is 0 Å². The second-order valence-corrected chi connectivity index (χ2v) is 3.98. The molecule has 2 aromatic carbocycles. The van der Waals surface area contributed by atoms with Gasteiger partial charge in [0.1, 0.15) is 17.5 Å². The minimum atomic E-state index is -0.622. The van der Waals surface area contributed by atoms with Crippen LogP contribution in [0, 0.1) is 17.5 Å². The van der Waals surface area contributed by atoms with Crippen molar-refractivity contribution in [3.8, 4) is 0 Å². The van der Waals surface area contributed by atoms with Gasteiger partial charge in [-0.15, -0.1) is 0 Å². The Morgan fingerprint density at radius 2 is 1.35 bits per heavy atom. The highest BCUT2D eigenvalue weighted by atomic mass is 19.1. The largest absolute Gasteiger partial charge is 0.207 e. The van der Waals surface area contributed by atoms with Crippen LogP contribution < -0.4 is 0 Å². The standard InChI is InChI=1S/C14H11F3/c1-9(10-3-2-4-12(15)5-10)11-6-13(16)8-14(17)7-11/h2-9H,1H3. The molecule has 1 unspecified atom stereocenters. The van der Waals surface area contributed by atoms with Crippen molar-refractivity contribution in [3.63, 3.8) is 0 Å². The highest BCUT2D eigenvalue weighted by molar-refractivity contribution is 5.32. The minimum Gasteiger partial charge on any atom is -0.207 e. The third kappa shape index (κ3) is 2.67. The Balaban J connectivity index is 2.39. The molecule has 0 aliphatic heterocycles. The zero-order valence-corrected chi connectivity index (χ0v) is 9.25. The molecule has 2 rings (SSSR count). The predicted molar refractivity (Wildman–Crippen MR) is 60.3 cm³/mol. The van der Waals surface area contributed by atoms with E-state index in [9.17, 15) is 13.2 Å². The monoisotopic (exact) mass is 236 g/mol. The Labute approximate surface area is 97.7 Å².